The summed E-state index contributed by atoms with van der Waals surface area (Å²) < 4.78 is 5.84. The van der Waals surface area contributed by atoms with Crippen molar-refractivity contribution in [2.24, 2.45) is 11.7 Å². The van der Waals surface area contributed by atoms with Gasteiger partial charge in [0.05, 0.1) is 5.69 Å². The molecule has 0 atom stereocenters. The van der Waals surface area contributed by atoms with Crippen molar-refractivity contribution in [1.29, 1.82) is 0 Å². The molecule has 3 aromatic rings. The first-order chi connectivity index (χ1) is 17.5. The van der Waals surface area contributed by atoms with E-state index in [1.807, 2.05) is 59.5 Å². The average Bonchev–Trinajstić information content (AvgIpc) is 3.32. The quantitative estimate of drug-likeness (QED) is 0.307. The van der Waals surface area contributed by atoms with Crippen LogP contribution in [-0.4, -0.2) is 46.5 Å². The molecule has 1 fully saturated rings. The highest BCUT2D eigenvalue weighted by molar-refractivity contribution is 6.03. The first-order valence-electron chi connectivity index (χ1n) is 12.2. The molecule has 36 heavy (non-hydrogen) atoms. The summed E-state index contributed by atoms with van der Waals surface area (Å²) in [5.41, 5.74) is 7.41. The van der Waals surface area contributed by atoms with Gasteiger partial charge in [0.1, 0.15) is 17.1 Å². The maximum Gasteiger partial charge on any atom is 0.298 e. The zero-order chi connectivity index (χ0) is 25.3. The molecule has 0 spiro atoms. The van der Waals surface area contributed by atoms with Gasteiger partial charge in [-0.2, -0.15) is 5.10 Å². The van der Waals surface area contributed by atoms with E-state index < -0.39 is 5.91 Å². The normalized spacial score (nSPS) is 13.5. The Hall–Kier alpha value is -4.25. The standard InChI is InChI=1S/C28H31N5O3/c1-2-7-24(34)33-18-15-20(16-19-33)8-6-17-30-28-25(27(29)35)26(31-32-28)21-11-13-23(14-12-21)36-22-9-4-3-5-10-22/h3-5,9-14,20H,6,8,15-19H2,1H3,(H2,29,35)(H2,30,31,32). The van der Waals surface area contributed by atoms with Crippen molar-refractivity contribution in [2.45, 2.75) is 32.6 Å². The molecule has 1 saturated heterocycles. The highest BCUT2D eigenvalue weighted by Gasteiger charge is 2.22. The van der Waals surface area contributed by atoms with Crippen molar-refractivity contribution in [2.75, 3.05) is 25.0 Å². The molecule has 2 heterocycles. The van der Waals surface area contributed by atoms with Crippen LogP contribution in [0.25, 0.3) is 11.3 Å². The van der Waals surface area contributed by atoms with E-state index in [1.165, 1.54) is 0 Å². The smallest absolute Gasteiger partial charge is 0.298 e. The maximum atomic E-state index is 12.3. The lowest BCUT2D eigenvalue weighted by Crippen LogP contribution is -2.37. The molecule has 1 aliphatic heterocycles. The van der Waals surface area contributed by atoms with Crippen molar-refractivity contribution in [3.63, 3.8) is 0 Å². The third kappa shape index (κ3) is 6.25. The molecule has 0 aliphatic carbocycles. The van der Waals surface area contributed by atoms with Gasteiger partial charge in [0.15, 0.2) is 5.82 Å². The predicted molar refractivity (Wildman–Crippen MR) is 140 cm³/mol. The fourth-order valence-electron chi connectivity index (χ4n) is 4.44. The lowest BCUT2D eigenvalue weighted by atomic mass is 9.92. The molecule has 4 rings (SSSR count). The predicted octanol–water partition coefficient (Wildman–Crippen LogP) is 4.42. The second kappa shape index (κ2) is 11.9. The summed E-state index contributed by atoms with van der Waals surface area (Å²) >= 11 is 0. The Morgan fingerprint density at radius 1 is 1.11 bits per heavy atom. The molecule has 1 aliphatic rings. The molecule has 0 bridgehead atoms. The SMILES string of the molecule is CC#CC(=O)N1CCC(CCCNc2n[nH]c(-c3ccc(Oc4ccccc4)cc3)c2C(N)=O)CC1. The van der Waals surface area contributed by atoms with E-state index in [9.17, 15) is 9.59 Å². The van der Waals surface area contributed by atoms with Gasteiger partial charge in [-0.1, -0.05) is 24.1 Å². The number of nitrogens with one attached hydrogen (secondary N) is 2. The first-order valence-corrected chi connectivity index (χ1v) is 12.2. The number of carbonyl (C=O) groups is 2. The fraction of sp³-hybridized carbons (Fsp3) is 0.321. The van der Waals surface area contributed by atoms with Gasteiger partial charge in [0, 0.05) is 25.2 Å². The first kappa shape index (κ1) is 24.9. The molecule has 8 heteroatoms. The third-order valence-corrected chi connectivity index (χ3v) is 6.35. The highest BCUT2D eigenvalue weighted by Crippen LogP contribution is 2.30. The van der Waals surface area contributed by atoms with Crippen molar-refractivity contribution >= 4 is 17.6 Å². The zero-order valence-corrected chi connectivity index (χ0v) is 20.4. The van der Waals surface area contributed by atoms with E-state index in [1.54, 1.807) is 6.92 Å². The van der Waals surface area contributed by atoms with Gasteiger partial charge in [-0.3, -0.25) is 14.7 Å². The van der Waals surface area contributed by atoms with E-state index in [2.05, 4.69) is 27.4 Å². The van der Waals surface area contributed by atoms with Gasteiger partial charge in [-0.15, -0.1) is 0 Å². The molecule has 8 nitrogen and oxygen atoms in total. The summed E-state index contributed by atoms with van der Waals surface area (Å²) in [6.45, 7) is 3.88. The van der Waals surface area contributed by atoms with Crippen molar-refractivity contribution in [1.82, 2.24) is 15.1 Å². The van der Waals surface area contributed by atoms with Crippen molar-refractivity contribution in [3.8, 4) is 34.6 Å². The van der Waals surface area contributed by atoms with E-state index in [0.717, 1.165) is 50.1 Å². The minimum Gasteiger partial charge on any atom is -0.457 e. The number of para-hydroxylation sites is 1. The number of hydrogen-bond donors (Lipinski definition) is 3. The number of carbonyl (C=O) groups excluding carboxylic acids is 2. The van der Waals surface area contributed by atoms with E-state index >= 15 is 0 Å². The maximum absolute atomic E-state index is 12.3. The average molecular weight is 486 g/mol. The largest absolute Gasteiger partial charge is 0.457 e. The van der Waals surface area contributed by atoms with Crippen LogP contribution in [0.2, 0.25) is 0 Å². The Kier molecular flexibility index (Phi) is 8.24. The van der Waals surface area contributed by atoms with Crippen molar-refractivity contribution in [3.05, 3.63) is 60.2 Å². The van der Waals surface area contributed by atoms with E-state index in [-0.39, 0.29) is 5.91 Å². The summed E-state index contributed by atoms with van der Waals surface area (Å²) in [4.78, 5) is 26.0. The molecule has 186 valence electrons. The number of aromatic nitrogens is 2. The van der Waals surface area contributed by atoms with Crippen LogP contribution >= 0.6 is 0 Å². The van der Waals surface area contributed by atoms with Crippen molar-refractivity contribution < 1.29 is 14.3 Å². The monoisotopic (exact) mass is 485 g/mol. The fourth-order valence-corrected chi connectivity index (χ4v) is 4.44. The number of amides is 2. The number of ether oxygens (including phenoxy) is 1. The third-order valence-electron chi connectivity index (χ3n) is 6.35. The number of nitrogens with two attached hydrogens (primary N) is 1. The molecular weight excluding hydrogens is 454 g/mol. The van der Waals surface area contributed by atoms with Crippen LogP contribution in [-0.2, 0) is 4.79 Å². The number of benzene rings is 2. The number of nitrogens with zero attached hydrogens (tertiary/aromatic N) is 2. The van der Waals surface area contributed by atoms with E-state index in [4.69, 9.17) is 10.5 Å². The zero-order valence-electron chi connectivity index (χ0n) is 20.4. The van der Waals surface area contributed by atoms with Gasteiger partial charge in [0.25, 0.3) is 11.8 Å². The summed E-state index contributed by atoms with van der Waals surface area (Å²) in [5.74, 6) is 7.14. The van der Waals surface area contributed by atoms with Gasteiger partial charge in [-0.25, -0.2) is 0 Å². The number of H-pyrrole nitrogens is 1. The number of primary amides is 1. The lowest BCUT2D eigenvalue weighted by Gasteiger charge is -2.30. The van der Waals surface area contributed by atoms with Crippen LogP contribution in [0.4, 0.5) is 5.82 Å². The molecule has 2 aromatic carbocycles. The molecule has 0 radical (unpaired) electrons. The second-order valence-corrected chi connectivity index (χ2v) is 8.81. The second-order valence-electron chi connectivity index (χ2n) is 8.81. The van der Waals surface area contributed by atoms with Crippen LogP contribution in [0.5, 0.6) is 11.5 Å². The molecule has 2 amide bonds. The Morgan fingerprint density at radius 3 is 2.47 bits per heavy atom. The van der Waals surface area contributed by atoms with Crippen LogP contribution < -0.4 is 15.8 Å². The minimum absolute atomic E-state index is 0.0794. The van der Waals surface area contributed by atoms with E-state index in [0.29, 0.717) is 35.3 Å². The lowest BCUT2D eigenvalue weighted by molar-refractivity contribution is -0.126. The van der Waals surface area contributed by atoms with Gasteiger partial charge in [-0.05, 0) is 80.8 Å². The minimum atomic E-state index is -0.543. The highest BCUT2D eigenvalue weighted by atomic mass is 16.5. The molecule has 4 N–H and O–H groups in total. The van der Waals surface area contributed by atoms with Gasteiger partial charge in [0.2, 0.25) is 0 Å². The van der Waals surface area contributed by atoms with Crippen LogP contribution in [0.3, 0.4) is 0 Å². The Morgan fingerprint density at radius 2 is 1.81 bits per heavy atom. The summed E-state index contributed by atoms with van der Waals surface area (Å²) in [6.07, 6.45) is 3.94. The number of rotatable bonds is 9. The topological polar surface area (TPSA) is 113 Å². The number of piperidine rings is 1. The molecule has 0 unspecified atom stereocenters. The number of aromatic amines is 1. The van der Waals surface area contributed by atoms with Gasteiger partial charge < -0.3 is 20.7 Å². The molecule has 0 saturated carbocycles. The number of likely N-dealkylation sites (tertiary alicyclic amines) is 1. The Balaban J connectivity index is 1.31. The summed E-state index contributed by atoms with van der Waals surface area (Å²) in [5, 5.41) is 10.5. The van der Waals surface area contributed by atoms with Crippen LogP contribution in [0.1, 0.15) is 43.0 Å². The van der Waals surface area contributed by atoms with Gasteiger partial charge >= 0.3 is 0 Å². The molecular formula is C28H31N5O3. The Bertz CT molecular complexity index is 1230. The van der Waals surface area contributed by atoms with Crippen LogP contribution in [0.15, 0.2) is 54.6 Å². The molecule has 1 aromatic heterocycles. The number of anilines is 1. The van der Waals surface area contributed by atoms with Crippen LogP contribution in [0, 0.1) is 17.8 Å². The summed E-state index contributed by atoms with van der Waals surface area (Å²) in [7, 11) is 0. The Labute approximate surface area is 211 Å². The number of hydrogen-bond acceptors (Lipinski definition) is 5. The summed E-state index contributed by atoms with van der Waals surface area (Å²) in [6, 6.07) is 17.0.